The number of anilines is 1. The van der Waals surface area contributed by atoms with Crippen molar-refractivity contribution < 1.29 is 14.3 Å². The third-order valence-electron chi connectivity index (χ3n) is 5.35. The number of ether oxygens (including phenoxy) is 1. The molecule has 2 aromatic carbocycles. The van der Waals surface area contributed by atoms with E-state index in [4.69, 9.17) is 16.3 Å². The van der Waals surface area contributed by atoms with E-state index >= 15 is 0 Å². The van der Waals surface area contributed by atoms with E-state index in [1.165, 1.54) is 11.5 Å². The lowest BCUT2D eigenvalue weighted by Gasteiger charge is -2.31. The lowest BCUT2D eigenvalue weighted by Crippen LogP contribution is -2.38. The Morgan fingerprint density at radius 1 is 1.17 bits per heavy atom. The van der Waals surface area contributed by atoms with E-state index in [1.807, 2.05) is 18.2 Å². The van der Waals surface area contributed by atoms with E-state index in [0.29, 0.717) is 29.4 Å². The third kappa shape index (κ3) is 4.98. The Morgan fingerprint density at radius 2 is 1.93 bits per heavy atom. The minimum absolute atomic E-state index is 0.0338. The largest absolute Gasteiger partial charge is 0.448 e. The van der Waals surface area contributed by atoms with Crippen LogP contribution in [0.4, 0.5) is 10.5 Å². The first kappa shape index (κ1) is 20.8. The Balaban J connectivity index is 1.19. The topological polar surface area (TPSA) is 71.5 Å². The molecule has 0 atom stereocenters. The normalized spacial score (nSPS) is 15.2. The summed E-state index contributed by atoms with van der Waals surface area (Å²) in [5, 5.41) is 4.42. The van der Waals surface area contributed by atoms with Crippen molar-refractivity contribution in [3.05, 3.63) is 59.2 Å². The molecule has 1 amide bonds. The highest BCUT2D eigenvalue weighted by Crippen LogP contribution is 2.27. The molecule has 1 N–H and O–H groups in total. The first-order valence-corrected chi connectivity index (χ1v) is 11.0. The van der Waals surface area contributed by atoms with Crippen LogP contribution in [0.25, 0.3) is 10.1 Å². The number of likely N-dealkylation sites (tertiary alicyclic amines) is 1. The molecule has 0 saturated carbocycles. The van der Waals surface area contributed by atoms with Crippen molar-refractivity contribution in [2.75, 3.05) is 31.6 Å². The number of benzene rings is 2. The van der Waals surface area contributed by atoms with Crippen LogP contribution in [0.5, 0.6) is 0 Å². The standard InChI is InChI=1S/C22H22ClN3O3S/c23-18-6-4-15(5-7-18)20(27)16-8-10-26(11-9-16)12-13-29-22(28)25-19-3-1-2-17-14-24-30-21(17)19/h1-7,14,16H,8-13H2,(H,25,28). The van der Waals surface area contributed by atoms with Crippen molar-refractivity contribution in [1.29, 1.82) is 0 Å². The number of fused-ring (bicyclic) bond motifs is 1. The van der Waals surface area contributed by atoms with Crippen molar-refractivity contribution in [3.63, 3.8) is 0 Å². The highest BCUT2D eigenvalue weighted by Gasteiger charge is 2.25. The maximum atomic E-state index is 12.6. The second-order valence-electron chi connectivity index (χ2n) is 7.30. The molecule has 8 heteroatoms. The number of piperidine rings is 1. The zero-order valence-electron chi connectivity index (χ0n) is 16.3. The van der Waals surface area contributed by atoms with E-state index in [2.05, 4.69) is 14.6 Å². The lowest BCUT2D eigenvalue weighted by molar-refractivity contribution is 0.0813. The SMILES string of the molecule is O=C(Nc1cccc2cnsc12)OCCN1CCC(C(=O)c2ccc(Cl)cc2)CC1. The summed E-state index contributed by atoms with van der Waals surface area (Å²) >= 11 is 7.24. The van der Waals surface area contributed by atoms with Gasteiger partial charge in [0.15, 0.2) is 5.78 Å². The van der Waals surface area contributed by atoms with Gasteiger partial charge in [-0.25, -0.2) is 4.79 Å². The Bertz CT molecular complexity index is 1030. The summed E-state index contributed by atoms with van der Waals surface area (Å²) in [6.07, 6.45) is 2.92. The number of aromatic nitrogens is 1. The Labute approximate surface area is 183 Å². The smallest absolute Gasteiger partial charge is 0.411 e. The molecular formula is C22H22ClN3O3S. The molecular weight excluding hydrogens is 422 g/mol. The summed E-state index contributed by atoms with van der Waals surface area (Å²) in [5.41, 5.74) is 1.43. The van der Waals surface area contributed by atoms with Gasteiger partial charge in [-0.05, 0) is 67.8 Å². The van der Waals surface area contributed by atoms with Gasteiger partial charge in [-0.15, -0.1) is 0 Å². The summed E-state index contributed by atoms with van der Waals surface area (Å²) in [5.74, 6) is 0.214. The Hall–Kier alpha value is -2.48. The quantitative estimate of drug-likeness (QED) is 0.537. The third-order valence-corrected chi connectivity index (χ3v) is 6.45. The first-order chi connectivity index (χ1) is 14.6. The molecule has 1 fully saturated rings. The summed E-state index contributed by atoms with van der Waals surface area (Å²) < 4.78 is 10.4. The number of carbonyl (C=O) groups is 2. The van der Waals surface area contributed by atoms with Crippen LogP contribution in [0.2, 0.25) is 5.02 Å². The molecule has 6 nitrogen and oxygen atoms in total. The Kier molecular flexibility index (Phi) is 6.62. The number of hydrogen-bond donors (Lipinski definition) is 1. The fourth-order valence-corrected chi connectivity index (χ4v) is 4.52. The van der Waals surface area contributed by atoms with Crippen LogP contribution in [0.1, 0.15) is 23.2 Å². The molecule has 0 spiro atoms. The molecule has 0 radical (unpaired) electrons. The van der Waals surface area contributed by atoms with E-state index < -0.39 is 6.09 Å². The average molecular weight is 444 g/mol. The van der Waals surface area contributed by atoms with Gasteiger partial charge in [0.25, 0.3) is 0 Å². The van der Waals surface area contributed by atoms with Gasteiger partial charge >= 0.3 is 6.09 Å². The minimum Gasteiger partial charge on any atom is -0.448 e. The number of halogens is 1. The highest BCUT2D eigenvalue weighted by atomic mass is 35.5. The average Bonchev–Trinajstić information content (AvgIpc) is 3.24. The van der Waals surface area contributed by atoms with Crippen LogP contribution in [-0.2, 0) is 4.74 Å². The predicted octanol–water partition coefficient (Wildman–Crippen LogP) is 5.09. The van der Waals surface area contributed by atoms with Gasteiger partial charge in [0.05, 0.1) is 10.4 Å². The zero-order valence-corrected chi connectivity index (χ0v) is 17.9. The van der Waals surface area contributed by atoms with Crippen LogP contribution < -0.4 is 5.32 Å². The van der Waals surface area contributed by atoms with Gasteiger partial charge in [0, 0.05) is 34.6 Å². The van der Waals surface area contributed by atoms with Crippen molar-refractivity contribution in [2.24, 2.45) is 5.92 Å². The van der Waals surface area contributed by atoms with E-state index in [-0.39, 0.29) is 11.7 Å². The second kappa shape index (κ2) is 9.55. The van der Waals surface area contributed by atoms with Gasteiger partial charge in [-0.2, -0.15) is 4.37 Å². The minimum atomic E-state index is -0.469. The monoisotopic (exact) mass is 443 g/mol. The van der Waals surface area contributed by atoms with Crippen LogP contribution in [0.15, 0.2) is 48.7 Å². The van der Waals surface area contributed by atoms with E-state index in [9.17, 15) is 9.59 Å². The van der Waals surface area contributed by atoms with Crippen LogP contribution >= 0.6 is 23.1 Å². The molecule has 1 saturated heterocycles. The van der Waals surface area contributed by atoms with Gasteiger partial charge < -0.3 is 4.74 Å². The van der Waals surface area contributed by atoms with E-state index in [1.54, 1.807) is 30.5 Å². The lowest BCUT2D eigenvalue weighted by atomic mass is 9.89. The summed E-state index contributed by atoms with van der Waals surface area (Å²) in [4.78, 5) is 27.0. The number of hydrogen-bond acceptors (Lipinski definition) is 6. The number of Topliss-reactive ketones (excluding diaryl/α,β-unsaturated/α-hetero) is 1. The molecule has 1 aliphatic rings. The number of nitrogens with zero attached hydrogens (tertiary/aromatic N) is 2. The van der Waals surface area contributed by atoms with Gasteiger partial charge in [0.2, 0.25) is 0 Å². The molecule has 1 aromatic heterocycles. The number of ketones is 1. The van der Waals surface area contributed by atoms with Gasteiger partial charge in [0.1, 0.15) is 6.61 Å². The molecule has 2 heterocycles. The number of amides is 1. The Morgan fingerprint density at radius 3 is 2.70 bits per heavy atom. The molecule has 0 aliphatic carbocycles. The molecule has 4 rings (SSSR count). The molecule has 0 bridgehead atoms. The molecule has 156 valence electrons. The number of rotatable bonds is 6. The van der Waals surface area contributed by atoms with Crippen molar-refractivity contribution in [1.82, 2.24) is 9.27 Å². The fourth-order valence-electron chi connectivity index (χ4n) is 3.67. The van der Waals surface area contributed by atoms with E-state index in [0.717, 1.165) is 36.0 Å². The van der Waals surface area contributed by atoms with Crippen LogP contribution in [0, 0.1) is 5.92 Å². The predicted molar refractivity (Wildman–Crippen MR) is 120 cm³/mol. The summed E-state index contributed by atoms with van der Waals surface area (Å²) in [6, 6.07) is 12.7. The van der Waals surface area contributed by atoms with Gasteiger partial charge in [-0.3, -0.25) is 15.0 Å². The van der Waals surface area contributed by atoms with Crippen molar-refractivity contribution in [3.8, 4) is 0 Å². The fraction of sp³-hybridized carbons (Fsp3) is 0.318. The van der Waals surface area contributed by atoms with Crippen molar-refractivity contribution in [2.45, 2.75) is 12.8 Å². The summed E-state index contributed by atoms with van der Waals surface area (Å²) in [7, 11) is 0. The molecule has 1 aliphatic heterocycles. The maximum absolute atomic E-state index is 12.6. The maximum Gasteiger partial charge on any atom is 0.411 e. The molecule has 0 unspecified atom stereocenters. The van der Waals surface area contributed by atoms with Crippen molar-refractivity contribution >= 4 is 50.8 Å². The van der Waals surface area contributed by atoms with Crippen LogP contribution in [-0.4, -0.2) is 47.4 Å². The van der Waals surface area contributed by atoms with Crippen LogP contribution in [0.3, 0.4) is 0 Å². The number of nitrogens with one attached hydrogen (secondary N) is 1. The number of carbonyl (C=O) groups excluding carboxylic acids is 2. The summed E-state index contributed by atoms with van der Waals surface area (Å²) in [6.45, 7) is 2.59. The molecule has 30 heavy (non-hydrogen) atoms. The van der Waals surface area contributed by atoms with Gasteiger partial charge in [-0.1, -0.05) is 23.7 Å². The highest BCUT2D eigenvalue weighted by molar-refractivity contribution is 7.14. The first-order valence-electron chi connectivity index (χ1n) is 9.89. The second-order valence-corrected chi connectivity index (χ2v) is 8.54. The molecule has 3 aromatic rings. The zero-order chi connectivity index (χ0) is 20.9.